The van der Waals surface area contributed by atoms with E-state index >= 15 is 0 Å². The number of anilines is 1. The predicted molar refractivity (Wildman–Crippen MR) is 161 cm³/mol. The number of hydrogen-bond donors (Lipinski definition) is 2. The van der Waals surface area contributed by atoms with Gasteiger partial charge in [0.2, 0.25) is 0 Å². The highest BCUT2D eigenvalue weighted by atomic mass is 19.4. The summed E-state index contributed by atoms with van der Waals surface area (Å²) in [6.45, 7) is 2.30. The van der Waals surface area contributed by atoms with Gasteiger partial charge >= 0.3 is 6.18 Å². The van der Waals surface area contributed by atoms with Gasteiger partial charge in [-0.25, -0.2) is 9.97 Å². The zero-order chi connectivity index (χ0) is 30.0. The second kappa shape index (κ2) is 11.6. The van der Waals surface area contributed by atoms with Gasteiger partial charge in [-0.1, -0.05) is 42.5 Å². The smallest absolute Gasteiger partial charge is 0.433 e. The number of pyridine rings is 2. The summed E-state index contributed by atoms with van der Waals surface area (Å²) in [5, 5.41) is 8.20. The van der Waals surface area contributed by atoms with Crippen molar-refractivity contribution in [2.24, 2.45) is 0 Å². The molecule has 0 aliphatic heterocycles. The van der Waals surface area contributed by atoms with Crippen LogP contribution in [-0.2, 0) is 12.8 Å². The molecule has 9 heteroatoms. The van der Waals surface area contributed by atoms with Crippen molar-refractivity contribution in [3.8, 4) is 5.75 Å². The summed E-state index contributed by atoms with van der Waals surface area (Å²) in [5.41, 5.74) is 1.45. The van der Waals surface area contributed by atoms with Crippen molar-refractivity contribution >= 4 is 33.4 Å². The average molecular weight is 585 g/mol. The highest BCUT2D eigenvalue weighted by molar-refractivity contribution is 5.94. The molecule has 1 amide bonds. The lowest BCUT2D eigenvalue weighted by atomic mass is 9.80. The molecule has 1 fully saturated rings. The van der Waals surface area contributed by atoms with Crippen molar-refractivity contribution in [1.82, 2.24) is 15.3 Å². The largest absolute Gasteiger partial charge is 0.487 e. The molecule has 2 aromatic heterocycles. The van der Waals surface area contributed by atoms with Gasteiger partial charge in [0.25, 0.3) is 5.91 Å². The molecule has 1 saturated carbocycles. The molecular weight excluding hydrogens is 553 g/mol. The Kier molecular flexibility index (Phi) is 7.64. The maximum atomic E-state index is 13.6. The minimum absolute atomic E-state index is 0.135. The maximum absolute atomic E-state index is 13.6. The van der Waals surface area contributed by atoms with Crippen molar-refractivity contribution in [3.63, 3.8) is 0 Å². The van der Waals surface area contributed by atoms with Crippen LogP contribution in [0, 0.1) is 0 Å². The Morgan fingerprint density at radius 3 is 2.49 bits per heavy atom. The monoisotopic (exact) mass is 584 g/mol. The molecule has 220 valence electrons. The molecule has 6 rings (SSSR count). The van der Waals surface area contributed by atoms with Gasteiger partial charge in [0.05, 0.1) is 16.7 Å². The lowest BCUT2D eigenvalue weighted by molar-refractivity contribution is -0.140. The molecule has 0 bridgehead atoms. The number of carbonyl (C=O) groups excluding carboxylic acids is 1. The SMILES string of the molecule is C[C@@]1(Nc2cc(C(F)(F)F)nc3ccccc23)CCC[C@@H](NC(=O)c2ccc(OCc3ccc4ccccc4n3)cc2)C1. The molecule has 1 aliphatic carbocycles. The van der Waals surface area contributed by atoms with Gasteiger partial charge in [0.1, 0.15) is 18.1 Å². The van der Waals surface area contributed by atoms with Crippen molar-refractivity contribution in [2.75, 3.05) is 5.32 Å². The third-order valence-electron chi connectivity index (χ3n) is 7.92. The first-order chi connectivity index (χ1) is 20.6. The van der Waals surface area contributed by atoms with Gasteiger partial charge in [-0.15, -0.1) is 0 Å². The normalized spacial score (nSPS) is 18.8. The molecule has 5 aromatic rings. The summed E-state index contributed by atoms with van der Waals surface area (Å²) in [4.78, 5) is 21.6. The summed E-state index contributed by atoms with van der Waals surface area (Å²) >= 11 is 0. The molecule has 2 atom stereocenters. The molecule has 3 aromatic carbocycles. The van der Waals surface area contributed by atoms with Crippen LogP contribution in [0.2, 0.25) is 0 Å². The number of para-hydroxylation sites is 2. The van der Waals surface area contributed by atoms with Crippen LogP contribution >= 0.6 is 0 Å². The Hall–Kier alpha value is -4.66. The number of amides is 1. The van der Waals surface area contributed by atoms with Gasteiger partial charge in [0, 0.05) is 33.6 Å². The number of hydrogen-bond acceptors (Lipinski definition) is 5. The fourth-order valence-corrected chi connectivity index (χ4v) is 5.79. The van der Waals surface area contributed by atoms with E-state index in [1.54, 1.807) is 48.5 Å². The van der Waals surface area contributed by atoms with Crippen molar-refractivity contribution < 1.29 is 22.7 Å². The van der Waals surface area contributed by atoms with E-state index in [0.29, 0.717) is 35.4 Å². The fourth-order valence-electron chi connectivity index (χ4n) is 5.79. The Morgan fingerprint density at radius 1 is 0.953 bits per heavy atom. The zero-order valence-corrected chi connectivity index (χ0v) is 23.6. The summed E-state index contributed by atoms with van der Waals surface area (Å²) in [7, 11) is 0. The number of fused-ring (bicyclic) bond motifs is 2. The van der Waals surface area contributed by atoms with E-state index in [1.165, 1.54) is 0 Å². The Labute approximate surface area is 247 Å². The van der Waals surface area contributed by atoms with Gasteiger partial charge in [-0.2, -0.15) is 13.2 Å². The lowest BCUT2D eigenvalue weighted by Crippen LogP contribution is -2.48. The van der Waals surface area contributed by atoms with E-state index in [0.717, 1.165) is 41.9 Å². The summed E-state index contributed by atoms with van der Waals surface area (Å²) in [5.74, 6) is 0.425. The highest BCUT2D eigenvalue weighted by Gasteiger charge is 2.36. The number of benzene rings is 3. The maximum Gasteiger partial charge on any atom is 0.433 e. The van der Waals surface area contributed by atoms with Gasteiger partial charge in [-0.05, 0) is 81.1 Å². The standard InChI is InChI=1S/C34H31F3N4O2/c1-33(41-30-19-31(34(35,36)37)40-29-11-5-3-9-27(29)30)18-6-8-24(20-33)39-32(42)23-13-16-26(17-14-23)43-21-25-15-12-22-7-2-4-10-28(22)38-25/h2-5,7,9-17,19,24H,6,8,18,20-21H2,1H3,(H,39,42)(H,40,41)/t24-,33-/m1/s1. The number of nitrogens with one attached hydrogen (secondary N) is 2. The Morgan fingerprint density at radius 2 is 1.70 bits per heavy atom. The van der Waals surface area contributed by atoms with E-state index in [1.807, 2.05) is 43.3 Å². The summed E-state index contributed by atoms with van der Waals surface area (Å²) in [6.07, 6.45) is -1.63. The lowest BCUT2D eigenvalue weighted by Gasteiger charge is -2.40. The molecule has 0 radical (unpaired) electrons. The van der Waals surface area contributed by atoms with Gasteiger partial charge in [0.15, 0.2) is 0 Å². The molecule has 6 nitrogen and oxygen atoms in total. The summed E-state index contributed by atoms with van der Waals surface area (Å²) in [6, 6.07) is 26.6. The molecule has 43 heavy (non-hydrogen) atoms. The number of alkyl halides is 3. The van der Waals surface area contributed by atoms with Crippen LogP contribution in [0.1, 0.15) is 54.4 Å². The number of carbonyl (C=O) groups is 1. The Balaban J connectivity index is 1.09. The minimum atomic E-state index is -4.56. The van der Waals surface area contributed by atoms with Crippen LogP contribution in [-0.4, -0.2) is 27.5 Å². The molecule has 0 unspecified atom stereocenters. The molecule has 0 saturated heterocycles. The topological polar surface area (TPSA) is 76.1 Å². The average Bonchev–Trinajstić information content (AvgIpc) is 2.99. The quantitative estimate of drug-likeness (QED) is 0.203. The number of nitrogens with zero attached hydrogens (tertiary/aromatic N) is 2. The first-order valence-electron chi connectivity index (χ1n) is 14.3. The third-order valence-corrected chi connectivity index (χ3v) is 7.92. The molecular formula is C34H31F3N4O2. The van der Waals surface area contributed by atoms with E-state index < -0.39 is 17.4 Å². The van der Waals surface area contributed by atoms with E-state index in [9.17, 15) is 18.0 Å². The van der Waals surface area contributed by atoms with Crippen LogP contribution in [0.25, 0.3) is 21.8 Å². The predicted octanol–water partition coefficient (Wildman–Crippen LogP) is 7.92. The molecule has 1 aliphatic rings. The summed E-state index contributed by atoms with van der Waals surface area (Å²) < 4.78 is 46.6. The highest BCUT2D eigenvalue weighted by Crippen LogP contribution is 2.37. The van der Waals surface area contributed by atoms with E-state index in [4.69, 9.17) is 4.74 Å². The second-order valence-corrected chi connectivity index (χ2v) is 11.3. The van der Waals surface area contributed by atoms with Crippen LogP contribution in [0.15, 0.2) is 91.0 Å². The number of ether oxygens (including phenoxy) is 1. The van der Waals surface area contributed by atoms with Crippen LogP contribution in [0.3, 0.4) is 0 Å². The van der Waals surface area contributed by atoms with E-state index in [-0.39, 0.29) is 17.5 Å². The molecule has 0 spiro atoms. The molecule has 2 N–H and O–H groups in total. The van der Waals surface area contributed by atoms with Crippen LogP contribution < -0.4 is 15.4 Å². The minimum Gasteiger partial charge on any atom is -0.487 e. The number of rotatable bonds is 7. The molecule has 2 heterocycles. The van der Waals surface area contributed by atoms with Crippen molar-refractivity contribution in [3.05, 3.63) is 108 Å². The number of halogens is 3. The van der Waals surface area contributed by atoms with E-state index in [2.05, 4.69) is 20.6 Å². The Bertz CT molecular complexity index is 1770. The first-order valence-corrected chi connectivity index (χ1v) is 14.3. The van der Waals surface area contributed by atoms with Gasteiger partial charge in [-0.3, -0.25) is 4.79 Å². The van der Waals surface area contributed by atoms with Crippen molar-refractivity contribution in [2.45, 2.75) is 57.0 Å². The van der Waals surface area contributed by atoms with Crippen LogP contribution in [0.4, 0.5) is 18.9 Å². The fraction of sp³-hybridized carbons (Fsp3) is 0.265. The van der Waals surface area contributed by atoms with Crippen LogP contribution in [0.5, 0.6) is 5.75 Å². The zero-order valence-electron chi connectivity index (χ0n) is 23.6. The first kappa shape index (κ1) is 28.5. The number of aromatic nitrogens is 2. The van der Waals surface area contributed by atoms with Gasteiger partial charge < -0.3 is 15.4 Å². The van der Waals surface area contributed by atoms with Crippen molar-refractivity contribution in [1.29, 1.82) is 0 Å². The second-order valence-electron chi connectivity index (χ2n) is 11.3. The third kappa shape index (κ3) is 6.56.